The van der Waals surface area contributed by atoms with Gasteiger partial charge in [0.1, 0.15) is 0 Å². The Bertz CT molecular complexity index is 1160. The smallest absolute Gasteiger partial charge is 0.253 e. The SMILES string of the molecule is Cc1ccc(N2C(=O)CC(C(=O)NCc3cccc(C(=O)N(C)C)c3)C2c2cccs2)cc1. The van der Waals surface area contributed by atoms with E-state index in [4.69, 9.17) is 0 Å². The van der Waals surface area contributed by atoms with Gasteiger partial charge in [0.05, 0.1) is 12.0 Å². The highest BCUT2D eigenvalue weighted by Crippen LogP contribution is 2.43. The number of benzene rings is 2. The Kier molecular flexibility index (Phi) is 6.60. The number of aryl methyl sites for hydroxylation is 1. The first kappa shape index (κ1) is 22.7. The molecular formula is C26H27N3O3S. The zero-order chi connectivity index (χ0) is 23.5. The first-order chi connectivity index (χ1) is 15.8. The van der Waals surface area contributed by atoms with Crippen LogP contribution in [0, 0.1) is 12.8 Å². The van der Waals surface area contributed by atoms with E-state index in [9.17, 15) is 14.4 Å². The van der Waals surface area contributed by atoms with Crippen LogP contribution in [-0.2, 0) is 16.1 Å². The summed E-state index contributed by atoms with van der Waals surface area (Å²) in [6.07, 6.45) is 0.154. The Balaban J connectivity index is 1.54. The van der Waals surface area contributed by atoms with Crippen LogP contribution in [0.2, 0.25) is 0 Å². The van der Waals surface area contributed by atoms with Crippen molar-refractivity contribution < 1.29 is 14.4 Å². The van der Waals surface area contributed by atoms with Gasteiger partial charge in [0.2, 0.25) is 11.8 Å². The summed E-state index contributed by atoms with van der Waals surface area (Å²) in [6.45, 7) is 2.30. The summed E-state index contributed by atoms with van der Waals surface area (Å²) in [5, 5.41) is 4.96. The molecule has 2 unspecified atom stereocenters. The summed E-state index contributed by atoms with van der Waals surface area (Å²) in [5.41, 5.74) is 3.32. The molecule has 0 aliphatic carbocycles. The fourth-order valence-corrected chi connectivity index (χ4v) is 5.04. The number of amides is 3. The lowest BCUT2D eigenvalue weighted by molar-refractivity contribution is -0.126. The molecule has 3 amide bonds. The summed E-state index contributed by atoms with van der Waals surface area (Å²) in [7, 11) is 3.41. The molecule has 33 heavy (non-hydrogen) atoms. The molecule has 2 atom stereocenters. The molecule has 1 fully saturated rings. The van der Waals surface area contributed by atoms with Crippen LogP contribution in [0.4, 0.5) is 5.69 Å². The lowest BCUT2D eigenvalue weighted by Crippen LogP contribution is -2.35. The third-order valence-corrected chi connectivity index (χ3v) is 6.80. The normalized spacial score (nSPS) is 17.8. The lowest BCUT2D eigenvalue weighted by atomic mass is 9.97. The van der Waals surface area contributed by atoms with Crippen molar-refractivity contribution >= 4 is 34.7 Å². The van der Waals surface area contributed by atoms with Crippen molar-refractivity contribution in [2.75, 3.05) is 19.0 Å². The monoisotopic (exact) mass is 461 g/mol. The summed E-state index contributed by atoms with van der Waals surface area (Å²) >= 11 is 1.55. The topological polar surface area (TPSA) is 69.7 Å². The van der Waals surface area contributed by atoms with E-state index in [2.05, 4.69) is 5.32 Å². The second kappa shape index (κ2) is 9.58. The van der Waals surface area contributed by atoms with Crippen molar-refractivity contribution in [2.24, 2.45) is 5.92 Å². The van der Waals surface area contributed by atoms with Gasteiger partial charge in [0.25, 0.3) is 5.91 Å². The molecule has 2 heterocycles. The predicted octanol–water partition coefficient (Wildman–Crippen LogP) is 4.17. The van der Waals surface area contributed by atoms with Crippen LogP contribution in [0.5, 0.6) is 0 Å². The highest BCUT2D eigenvalue weighted by atomic mass is 32.1. The molecule has 2 aromatic carbocycles. The minimum atomic E-state index is -0.496. The fourth-order valence-electron chi connectivity index (χ4n) is 4.16. The number of hydrogen-bond acceptors (Lipinski definition) is 4. The standard InChI is InChI=1S/C26H27N3O3S/c1-17-9-11-20(12-10-17)29-23(30)15-21(24(29)22-8-5-13-33-22)25(31)27-16-18-6-4-7-19(14-18)26(32)28(2)3/h4-14,21,24H,15-16H2,1-3H3,(H,27,31). The molecule has 0 saturated carbocycles. The van der Waals surface area contributed by atoms with Gasteiger partial charge in [-0.2, -0.15) is 0 Å². The van der Waals surface area contributed by atoms with Crippen molar-refractivity contribution in [1.82, 2.24) is 10.2 Å². The molecule has 1 aliphatic rings. The van der Waals surface area contributed by atoms with Crippen LogP contribution in [0.1, 0.15) is 38.8 Å². The first-order valence-corrected chi connectivity index (χ1v) is 11.7. The molecule has 0 spiro atoms. The van der Waals surface area contributed by atoms with Crippen LogP contribution >= 0.6 is 11.3 Å². The number of nitrogens with one attached hydrogen (secondary N) is 1. The molecule has 7 heteroatoms. The predicted molar refractivity (Wildman–Crippen MR) is 130 cm³/mol. The average Bonchev–Trinajstić information content (AvgIpc) is 3.45. The molecule has 1 aromatic heterocycles. The molecule has 0 bridgehead atoms. The fraction of sp³-hybridized carbons (Fsp3) is 0.269. The van der Waals surface area contributed by atoms with Gasteiger partial charge < -0.3 is 15.1 Å². The maximum Gasteiger partial charge on any atom is 0.253 e. The molecule has 0 radical (unpaired) electrons. The Morgan fingerprint density at radius 1 is 1.09 bits per heavy atom. The van der Waals surface area contributed by atoms with E-state index in [1.807, 2.05) is 60.8 Å². The number of carbonyl (C=O) groups is 3. The van der Waals surface area contributed by atoms with E-state index in [0.29, 0.717) is 12.1 Å². The minimum absolute atomic E-state index is 0.0593. The number of carbonyl (C=O) groups excluding carboxylic acids is 3. The van der Waals surface area contributed by atoms with Crippen LogP contribution in [0.15, 0.2) is 66.0 Å². The molecule has 1 saturated heterocycles. The van der Waals surface area contributed by atoms with Crippen molar-refractivity contribution in [1.29, 1.82) is 0 Å². The van der Waals surface area contributed by atoms with E-state index >= 15 is 0 Å². The number of hydrogen-bond donors (Lipinski definition) is 1. The van der Waals surface area contributed by atoms with Gasteiger partial charge >= 0.3 is 0 Å². The molecule has 170 valence electrons. The Hall–Kier alpha value is -3.45. The quantitative estimate of drug-likeness (QED) is 0.599. The van der Waals surface area contributed by atoms with E-state index in [1.54, 1.807) is 42.5 Å². The van der Waals surface area contributed by atoms with Crippen LogP contribution in [-0.4, -0.2) is 36.7 Å². The molecule has 4 rings (SSSR count). The minimum Gasteiger partial charge on any atom is -0.352 e. The second-order valence-electron chi connectivity index (χ2n) is 8.49. The molecule has 1 aliphatic heterocycles. The Morgan fingerprint density at radius 2 is 1.85 bits per heavy atom. The van der Waals surface area contributed by atoms with E-state index in [0.717, 1.165) is 21.7 Å². The van der Waals surface area contributed by atoms with Gasteiger partial charge in [-0.3, -0.25) is 14.4 Å². The van der Waals surface area contributed by atoms with E-state index in [-0.39, 0.29) is 30.2 Å². The maximum atomic E-state index is 13.3. The van der Waals surface area contributed by atoms with Crippen molar-refractivity contribution in [2.45, 2.75) is 25.9 Å². The van der Waals surface area contributed by atoms with E-state index in [1.165, 1.54) is 4.90 Å². The van der Waals surface area contributed by atoms with Gasteiger partial charge in [-0.1, -0.05) is 35.9 Å². The summed E-state index contributed by atoms with van der Waals surface area (Å²) < 4.78 is 0. The van der Waals surface area contributed by atoms with E-state index < -0.39 is 5.92 Å². The second-order valence-corrected chi connectivity index (χ2v) is 9.47. The van der Waals surface area contributed by atoms with Gasteiger partial charge in [-0.15, -0.1) is 11.3 Å². The zero-order valence-electron chi connectivity index (χ0n) is 18.9. The molecule has 1 N–H and O–H groups in total. The third-order valence-electron chi connectivity index (χ3n) is 5.85. The average molecular weight is 462 g/mol. The van der Waals surface area contributed by atoms with Gasteiger partial charge in [-0.25, -0.2) is 0 Å². The van der Waals surface area contributed by atoms with Crippen LogP contribution < -0.4 is 10.2 Å². The zero-order valence-corrected chi connectivity index (χ0v) is 19.8. The summed E-state index contributed by atoms with van der Waals surface area (Å²) in [6, 6.07) is 18.6. The van der Waals surface area contributed by atoms with Gasteiger partial charge in [-0.05, 0) is 48.2 Å². The number of thiophene rings is 1. The number of anilines is 1. The largest absolute Gasteiger partial charge is 0.352 e. The molecule has 6 nitrogen and oxygen atoms in total. The van der Waals surface area contributed by atoms with Gasteiger partial charge in [0, 0.05) is 43.2 Å². The highest BCUT2D eigenvalue weighted by Gasteiger charge is 2.45. The first-order valence-electron chi connectivity index (χ1n) is 10.9. The summed E-state index contributed by atoms with van der Waals surface area (Å²) in [5.74, 6) is -0.809. The third kappa shape index (κ3) is 4.83. The summed E-state index contributed by atoms with van der Waals surface area (Å²) in [4.78, 5) is 42.8. The van der Waals surface area contributed by atoms with Crippen molar-refractivity contribution in [3.63, 3.8) is 0 Å². The highest BCUT2D eigenvalue weighted by molar-refractivity contribution is 7.10. The van der Waals surface area contributed by atoms with Crippen molar-refractivity contribution in [3.05, 3.63) is 87.6 Å². The van der Waals surface area contributed by atoms with Crippen molar-refractivity contribution in [3.8, 4) is 0 Å². The van der Waals surface area contributed by atoms with Crippen LogP contribution in [0.3, 0.4) is 0 Å². The Morgan fingerprint density at radius 3 is 2.52 bits per heavy atom. The molecule has 3 aromatic rings. The lowest BCUT2D eigenvalue weighted by Gasteiger charge is -2.27. The molecular weight excluding hydrogens is 434 g/mol. The van der Waals surface area contributed by atoms with Crippen LogP contribution in [0.25, 0.3) is 0 Å². The number of rotatable bonds is 6. The van der Waals surface area contributed by atoms with Gasteiger partial charge in [0.15, 0.2) is 0 Å². The Labute approximate surface area is 197 Å². The maximum absolute atomic E-state index is 13.3. The number of nitrogens with zero attached hydrogens (tertiary/aromatic N) is 2.